The van der Waals surface area contributed by atoms with E-state index in [4.69, 9.17) is 0 Å². The van der Waals surface area contributed by atoms with Crippen molar-refractivity contribution in [2.45, 2.75) is 25.7 Å². The van der Waals surface area contributed by atoms with E-state index in [2.05, 4.69) is 21.2 Å². The average molecular weight is 311 g/mol. The average Bonchev–Trinajstić information content (AvgIpc) is 3.18. The number of anilines is 1. The van der Waals surface area contributed by atoms with Crippen LogP contribution in [0.3, 0.4) is 0 Å². The lowest BCUT2D eigenvalue weighted by Gasteiger charge is -2.16. The molecule has 0 heterocycles. The van der Waals surface area contributed by atoms with Crippen molar-refractivity contribution in [1.29, 1.82) is 0 Å². The number of nitro groups is 1. The first-order valence-electron chi connectivity index (χ1n) is 6.29. The minimum absolute atomic E-state index is 0.157. The Labute approximate surface area is 114 Å². The van der Waals surface area contributed by atoms with Crippen LogP contribution in [0.2, 0.25) is 0 Å². The molecule has 1 aromatic carbocycles. The molecule has 0 unspecified atom stereocenters. The summed E-state index contributed by atoms with van der Waals surface area (Å²) in [6, 6.07) is 5.04. The highest BCUT2D eigenvalue weighted by molar-refractivity contribution is 9.10. The van der Waals surface area contributed by atoms with Crippen molar-refractivity contribution in [3.8, 4) is 0 Å². The van der Waals surface area contributed by atoms with E-state index in [-0.39, 0.29) is 10.6 Å². The summed E-state index contributed by atoms with van der Waals surface area (Å²) in [5.41, 5.74) is 1.22. The van der Waals surface area contributed by atoms with Gasteiger partial charge in [-0.15, -0.1) is 0 Å². The number of nitro benzene ring substituents is 1. The SMILES string of the molecule is O=[N+]([O-])c1ccc(Br)cc1NCC1(C2CC2)CC1. The molecule has 2 aliphatic carbocycles. The first kappa shape index (κ1) is 12.0. The molecule has 4 nitrogen and oxygen atoms in total. The molecule has 0 spiro atoms. The Balaban J connectivity index is 1.75. The summed E-state index contributed by atoms with van der Waals surface area (Å²) in [4.78, 5) is 10.6. The molecule has 2 fully saturated rings. The lowest BCUT2D eigenvalue weighted by Crippen LogP contribution is -2.17. The summed E-state index contributed by atoms with van der Waals surface area (Å²) in [6.45, 7) is 0.870. The zero-order chi connectivity index (χ0) is 12.8. The van der Waals surface area contributed by atoms with Gasteiger partial charge in [0.25, 0.3) is 5.69 Å². The highest BCUT2D eigenvalue weighted by Crippen LogP contribution is 2.61. The van der Waals surface area contributed by atoms with Gasteiger partial charge in [-0.25, -0.2) is 0 Å². The quantitative estimate of drug-likeness (QED) is 0.661. The van der Waals surface area contributed by atoms with E-state index in [1.165, 1.54) is 25.7 Å². The zero-order valence-corrected chi connectivity index (χ0v) is 11.6. The van der Waals surface area contributed by atoms with Crippen LogP contribution >= 0.6 is 15.9 Å². The second-order valence-electron chi connectivity index (χ2n) is 5.41. The molecule has 0 amide bonds. The maximum absolute atomic E-state index is 11.0. The maximum Gasteiger partial charge on any atom is 0.292 e. The van der Waals surface area contributed by atoms with Gasteiger partial charge in [0.05, 0.1) is 4.92 Å². The van der Waals surface area contributed by atoms with Gasteiger partial charge in [0, 0.05) is 17.1 Å². The number of nitrogens with one attached hydrogen (secondary N) is 1. The van der Waals surface area contributed by atoms with E-state index < -0.39 is 0 Å². The molecule has 0 atom stereocenters. The van der Waals surface area contributed by atoms with E-state index in [9.17, 15) is 10.1 Å². The number of halogens is 1. The van der Waals surface area contributed by atoms with Crippen LogP contribution in [0.15, 0.2) is 22.7 Å². The molecule has 0 aromatic heterocycles. The molecule has 96 valence electrons. The highest BCUT2D eigenvalue weighted by atomic mass is 79.9. The van der Waals surface area contributed by atoms with E-state index in [1.807, 2.05) is 0 Å². The molecule has 0 saturated heterocycles. The van der Waals surface area contributed by atoms with Crippen LogP contribution in [0.4, 0.5) is 11.4 Å². The van der Waals surface area contributed by atoms with Crippen molar-refractivity contribution in [1.82, 2.24) is 0 Å². The lowest BCUT2D eigenvalue weighted by molar-refractivity contribution is -0.384. The van der Waals surface area contributed by atoms with Crippen molar-refractivity contribution in [3.63, 3.8) is 0 Å². The number of benzene rings is 1. The number of hydrogen-bond donors (Lipinski definition) is 1. The third-order valence-electron chi connectivity index (χ3n) is 4.12. The van der Waals surface area contributed by atoms with E-state index >= 15 is 0 Å². The summed E-state index contributed by atoms with van der Waals surface area (Å²) in [5, 5.41) is 14.3. The van der Waals surface area contributed by atoms with Gasteiger partial charge in [0.1, 0.15) is 5.69 Å². The molecular formula is C13H15BrN2O2. The predicted octanol–water partition coefficient (Wildman–Crippen LogP) is 3.96. The molecule has 2 aliphatic rings. The first-order valence-corrected chi connectivity index (χ1v) is 7.08. The Hall–Kier alpha value is -1.10. The third-order valence-corrected chi connectivity index (χ3v) is 4.62. The molecule has 0 radical (unpaired) electrons. The largest absolute Gasteiger partial charge is 0.379 e. The van der Waals surface area contributed by atoms with Gasteiger partial charge in [-0.1, -0.05) is 15.9 Å². The number of nitrogens with zero attached hydrogens (tertiary/aromatic N) is 1. The predicted molar refractivity (Wildman–Crippen MR) is 73.7 cm³/mol. The smallest absolute Gasteiger partial charge is 0.292 e. The van der Waals surface area contributed by atoms with Gasteiger partial charge in [0.15, 0.2) is 0 Å². The van der Waals surface area contributed by atoms with Gasteiger partial charge in [-0.05, 0) is 49.1 Å². The van der Waals surface area contributed by atoms with Gasteiger partial charge in [-0.2, -0.15) is 0 Å². The Bertz CT molecular complexity index is 496. The summed E-state index contributed by atoms with van der Waals surface area (Å²) >= 11 is 3.36. The van der Waals surface area contributed by atoms with Crippen molar-refractivity contribution in [3.05, 3.63) is 32.8 Å². The number of hydrogen-bond acceptors (Lipinski definition) is 3. The Morgan fingerprint density at radius 3 is 2.72 bits per heavy atom. The van der Waals surface area contributed by atoms with Crippen molar-refractivity contribution >= 4 is 27.3 Å². The minimum Gasteiger partial charge on any atom is -0.379 e. The van der Waals surface area contributed by atoms with Crippen molar-refractivity contribution < 1.29 is 4.92 Å². The molecule has 1 aromatic rings. The molecule has 2 saturated carbocycles. The summed E-state index contributed by atoms with van der Waals surface area (Å²) < 4.78 is 0.867. The first-order chi connectivity index (χ1) is 8.61. The molecule has 1 N–H and O–H groups in total. The maximum atomic E-state index is 11.0. The summed E-state index contributed by atoms with van der Waals surface area (Å²) in [7, 11) is 0. The van der Waals surface area contributed by atoms with Gasteiger partial charge in [0.2, 0.25) is 0 Å². The molecule has 0 aliphatic heterocycles. The van der Waals surface area contributed by atoms with Crippen molar-refractivity contribution in [2.75, 3.05) is 11.9 Å². The third kappa shape index (κ3) is 2.23. The van der Waals surface area contributed by atoms with E-state index in [1.54, 1.807) is 18.2 Å². The van der Waals surface area contributed by atoms with Gasteiger partial charge in [-0.3, -0.25) is 10.1 Å². The van der Waals surface area contributed by atoms with Crippen LogP contribution in [0.1, 0.15) is 25.7 Å². The minimum atomic E-state index is -0.328. The topological polar surface area (TPSA) is 55.2 Å². The van der Waals surface area contributed by atoms with E-state index in [0.717, 1.165) is 16.9 Å². The standard InChI is InChI=1S/C13H15BrN2O2/c14-10-3-4-12(16(17)18)11(7-10)15-8-13(5-6-13)9-1-2-9/h3-4,7,9,15H,1-2,5-6,8H2. The Morgan fingerprint density at radius 1 is 1.44 bits per heavy atom. The lowest BCUT2D eigenvalue weighted by atomic mass is 10.0. The van der Waals surface area contributed by atoms with Gasteiger partial charge >= 0.3 is 0 Å². The van der Waals surface area contributed by atoms with Crippen LogP contribution in [-0.2, 0) is 0 Å². The van der Waals surface area contributed by atoms with Crippen LogP contribution in [0.5, 0.6) is 0 Å². The van der Waals surface area contributed by atoms with Crippen LogP contribution in [0, 0.1) is 21.4 Å². The fourth-order valence-electron chi connectivity index (χ4n) is 2.67. The molecular weight excluding hydrogens is 296 g/mol. The molecule has 18 heavy (non-hydrogen) atoms. The second kappa shape index (κ2) is 4.23. The molecule has 5 heteroatoms. The Kier molecular flexibility index (Phi) is 2.81. The van der Waals surface area contributed by atoms with Crippen LogP contribution in [0.25, 0.3) is 0 Å². The van der Waals surface area contributed by atoms with E-state index in [0.29, 0.717) is 11.1 Å². The molecule has 0 bridgehead atoms. The Morgan fingerprint density at radius 2 is 2.17 bits per heavy atom. The summed E-state index contributed by atoms with van der Waals surface area (Å²) in [6.07, 6.45) is 5.21. The number of rotatable bonds is 5. The monoisotopic (exact) mass is 310 g/mol. The zero-order valence-electron chi connectivity index (χ0n) is 9.99. The fourth-order valence-corrected chi connectivity index (χ4v) is 3.03. The van der Waals surface area contributed by atoms with Gasteiger partial charge < -0.3 is 5.32 Å². The molecule has 3 rings (SSSR count). The van der Waals surface area contributed by atoms with Crippen molar-refractivity contribution in [2.24, 2.45) is 11.3 Å². The summed E-state index contributed by atoms with van der Waals surface area (Å²) in [5.74, 6) is 0.858. The fraction of sp³-hybridized carbons (Fsp3) is 0.538. The normalized spacial score (nSPS) is 20.5. The van der Waals surface area contributed by atoms with Crippen LogP contribution < -0.4 is 5.32 Å². The second-order valence-corrected chi connectivity index (χ2v) is 6.32. The highest BCUT2D eigenvalue weighted by Gasteiger charge is 2.53. The van der Waals surface area contributed by atoms with Crippen LogP contribution in [-0.4, -0.2) is 11.5 Å².